The quantitative estimate of drug-likeness (QED) is 0.802. The van der Waals surface area contributed by atoms with Crippen LogP contribution in [0.5, 0.6) is 5.75 Å². The summed E-state index contributed by atoms with van der Waals surface area (Å²) in [7, 11) is -2.21. The summed E-state index contributed by atoms with van der Waals surface area (Å²) < 4.78 is 32.5. The van der Waals surface area contributed by atoms with Crippen molar-refractivity contribution >= 4 is 27.5 Å². The smallest absolute Gasteiger partial charge is 0.243 e. The number of nitrogens with zero attached hydrogens (tertiary/aromatic N) is 1. The van der Waals surface area contributed by atoms with E-state index in [1.807, 2.05) is 0 Å². The first-order chi connectivity index (χ1) is 12.9. The lowest BCUT2D eigenvalue weighted by molar-refractivity contribution is -0.127. The third-order valence-electron chi connectivity index (χ3n) is 5.47. The molecule has 1 amide bonds. The van der Waals surface area contributed by atoms with Gasteiger partial charge in [-0.2, -0.15) is 4.31 Å². The predicted molar refractivity (Wildman–Crippen MR) is 105 cm³/mol. The molecule has 2 aliphatic rings. The molecule has 27 heavy (non-hydrogen) atoms. The van der Waals surface area contributed by atoms with Gasteiger partial charge in [0.2, 0.25) is 15.9 Å². The molecule has 1 heterocycles. The minimum atomic E-state index is -3.70. The summed E-state index contributed by atoms with van der Waals surface area (Å²) in [5.74, 6) is 0.109. The second kappa shape index (κ2) is 8.80. The van der Waals surface area contributed by atoms with Crippen LogP contribution in [0.2, 0.25) is 5.02 Å². The Morgan fingerprint density at radius 1 is 1.19 bits per heavy atom. The summed E-state index contributed by atoms with van der Waals surface area (Å²) in [6.45, 7) is 0.629. The first kappa shape index (κ1) is 20.4. The van der Waals surface area contributed by atoms with Crippen LogP contribution in [0.4, 0.5) is 0 Å². The molecule has 0 unspecified atom stereocenters. The highest BCUT2D eigenvalue weighted by Crippen LogP contribution is 2.30. The number of rotatable bonds is 5. The Balaban J connectivity index is 1.69. The molecular weight excluding hydrogens is 388 g/mol. The SMILES string of the molecule is COc1ccc(S(=O)(=O)N2CCC[C@H](C(=O)NC3CCCCC3)C2)cc1Cl. The van der Waals surface area contributed by atoms with Crippen LogP contribution in [-0.2, 0) is 14.8 Å². The zero-order valence-corrected chi connectivity index (χ0v) is 17.2. The van der Waals surface area contributed by atoms with E-state index in [-0.39, 0.29) is 34.3 Å². The Morgan fingerprint density at radius 2 is 1.93 bits per heavy atom. The first-order valence-corrected chi connectivity index (χ1v) is 11.4. The monoisotopic (exact) mass is 414 g/mol. The Labute approximate surface area is 166 Å². The molecule has 1 saturated carbocycles. The van der Waals surface area contributed by atoms with E-state index in [0.29, 0.717) is 25.1 Å². The molecule has 1 saturated heterocycles. The number of benzene rings is 1. The number of carbonyl (C=O) groups excluding carboxylic acids is 1. The van der Waals surface area contributed by atoms with Crippen molar-refractivity contribution in [1.82, 2.24) is 9.62 Å². The minimum Gasteiger partial charge on any atom is -0.495 e. The van der Waals surface area contributed by atoms with Gasteiger partial charge >= 0.3 is 0 Å². The summed E-state index contributed by atoms with van der Waals surface area (Å²) in [5, 5.41) is 3.38. The molecule has 1 aliphatic carbocycles. The van der Waals surface area contributed by atoms with Gasteiger partial charge in [0.25, 0.3) is 0 Å². The molecule has 1 N–H and O–H groups in total. The molecule has 0 bridgehead atoms. The summed E-state index contributed by atoms with van der Waals surface area (Å²) >= 11 is 6.09. The second-order valence-electron chi connectivity index (χ2n) is 7.34. The highest BCUT2D eigenvalue weighted by Gasteiger charge is 2.34. The average Bonchev–Trinajstić information content (AvgIpc) is 2.68. The van der Waals surface area contributed by atoms with Gasteiger partial charge in [0.1, 0.15) is 5.75 Å². The highest BCUT2D eigenvalue weighted by atomic mass is 35.5. The number of piperidine rings is 1. The Bertz CT molecular complexity index is 778. The number of sulfonamides is 1. The molecule has 3 rings (SSSR count). The largest absolute Gasteiger partial charge is 0.495 e. The number of ether oxygens (including phenoxy) is 1. The molecule has 2 fully saturated rings. The average molecular weight is 415 g/mol. The summed E-state index contributed by atoms with van der Waals surface area (Å²) in [5.41, 5.74) is 0. The minimum absolute atomic E-state index is 0.0189. The lowest BCUT2D eigenvalue weighted by Gasteiger charge is -2.32. The number of nitrogens with one attached hydrogen (secondary N) is 1. The van der Waals surface area contributed by atoms with E-state index in [9.17, 15) is 13.2 Å². The first-order valence-electron chi connectivity index (χ1n) is 9.56. The molecule has 1 aliphatic heterocycles. The van der Waals surface area contributed by atoms with Crippen LogP contribution in [0.3, 0.4) is 0 Å². The van der Waals surface area contributed by atoms with Crippen LogP contribution in [0, 0.1) is 5.92 Å². The maximum Gasteiger partial charge on any atom is 0.243 e. The Hall–Kier alpha value is -1.31. The Kier molecular flexibility index (Phi) is 6.65. The van der Waals surface area contributed by atoms with Gasteiger partial charge in [-0.1, -0.05) is 30.9 Å². The van der Waals surface area contributed by atoms with Crippen molar-refractivity contribution in [2.45, 2.75) is 55.9 Å². The molecule has 6 nitrogen and oxygen atoms in total. The molecular formula is C19H27ClN2O4S. The fourth-order valence-electron chi connectivity index (χ4n) is 3.90. The summed E-state index contributed by atoms with van der Waals surface area (Å²) in [6.07, 6.45) is 6.95. The molecule has 0 radical (unpaired) electrons. The molecule has 8 heteroatoms. The number of hydrogen-bond donors (Lipinski definition) is 1. The van der Waals surface area contributed by atoms with Gasteiger partial charge in [-0.15, -0.1) is 0 Å². The van der Waals surface area contributed by atoms with Crippen molar-refractivity contribution in [2.24, 2.45) is 5.92 Å². The lowest BCUT2D eigenvalue weighted by Crippen LogP contribution is -2.47. The van der Waals surface area contributed by atoms with Crippen molar-refractivity contribution in [1.29, 1.82) is 0 Å². The molecule has 1 atom stereocenters. The van der Waals surface area contributed by atoms with E-state index in [1.165, 1.54) is 30.0 Å². The number of carbonyl (C=O) groups is 1. The lowest BCUT2D eigenvalue weighted by atomic mass is 9.93. The van der Waals surface area contributed by atoms with Crippen LogP contribution in [-0.4, -0.2) is 44.9 Å². The van der Waals surface area contributed by atoms with Crippen molar-refractivity contribution in [3.8, 4) is 5.75 Å². The van der Waals surface area contributed by atoms with Crippen LogP contribution < -0.4 is 10.1 Å². The maximum atomic E-state index is 13.0. The zero-order valence-electron chi connectivity index (χ0n) is 15.6. The van der Waals surface area contributed by atoms with E-state index >= 15 is 0 Å². The van der Waals surface area contributed by atoms with E-state index in [4.69, 9.17) is 16.3 Å². The van der Waals surface area contributed by atoms with Gasteiger partial charge < -0.3 is 10.1 Å². The second-order valence-corrected chi connectivity index (χ2v) is 9.69. The topological polar surface area (TPSA) is 75.7 Å². The third kappa shape index (κ3) is 4.76. The summed E-state index contributed by atoms with van der Waals surface area (Å²) in [6, 6.07) is 4.68. The number of methoxy groups -OCH3 is 1. The molecule has 1 aromatic rings. The van der Waals surface area contributed by atoms with Gasteiger partial charge in [-0.05, 0) is 43.9 Å². The van der Waals surface area contributed by atoms with Crippen LogP contribution >= 0.6 is 11.6 Å². The fourth-order valence-corrected chi connectivity index (χ4v) is 5.77. The van der Waals surface area contributed by atoms with Gasteiger partial charge in [-0.25, -0.2) is 8.42 Å². The van der Waals surface area contributed by atoms with E-state index < -0.39 is 10.0 Å². The van der Waals surface area contributed by atoms with Gasteiger partial charge in [0.15, 0.2) is 0 Å². The van der Waals surface area contributed by atoms with Gasteiger partial charge in [0, 0.05) is 19.1 Å². The van der Waals surface area contributed by atoms with E-state index in [1.54, 1.807) is 6.07 Å². The zero-order chi connectivity index (χ0) is 19.4. The van der Waals surface area contributed by atoms with Crippen molar-refractivity contribution in [3.63, 3.8) is 0 Å². The summed E-state index contributed by atoms with van der Waals surface area (Å²) in [4.78, 5) is 12.8. The van der Waals surface area contributed by atoms with Crippen molar-refractivity contribution < 1.29 is 17.9 Å². The number of hydrogen-bond acceptors (Lipinski definition) is 4. The normalized spacial score (nSPS) is 22.4. The molecule has 0 aromatic heterocycles. The fraction of sp³-hybridized carbons (Fsp3) is 0.632. The van der Waals surface area contributed by atoms with Gasteiger partial charge in [0.05, 0.1) is 22.9 Å². The predicted octanol–water partition coefficient (Wildman–Crippen LogP) is 3.20. The van der Waals surface area contributed by atoms with E-state index in [0.717, 1.165) is 25.7 Å². The number of halogens is 1. The maximum absolute atomic E-state index is 13.0. The molecule has 1 aromatic carbocycles. The van der Waals surface area contributed by atoms with Crippen molar-refractivity contribution in [3.05, 3.63) is 23.2 Å². The van der Waals surface area contributed by atoms with Crippen LogP contribution in [0.25, 0.3) is 0 Å². The van der Waals surface area contributed by atoms with Gasteiger partial charge in [-0.3, -0.25) is 4.79 Å². The molecule has 150 valence electrons. The van der Waals surface area contributed by atoms with Crippen LogP contribution in [0.15, 0.2) is 23.1 Å². The Morgan fingerprint density at radius 3 is 2.59 bits per heavy atom. The van der Waals surface area contributed by atoms with Crippen molar-refractivity contribution in [2.75, 3.05) is 20.2 Å². The third-order valence-corrected chi connectivity index (χ3v) is 7.62. The van der Waals surface area contributed by atoms with Crippen LogP contribution in [0.1, 0.15) is 44.9 Å². The van der Waals surface area contributed by atoms with E-state index in [2.05, 4.69) is 5.32 Å². The molecule has 0 spiro atoms. The number of amides is 1. The highest BCUT2D eigenvalue weighted by molar-refractivity contribution is 7.89. The standard InChI is InChI=1S/C19H27ClN2O4S/c1-26-18-10-9-16(12-17(18)20)27(24,25)22-11-5-6-14(13-22)19(23)21-15-7-3-2-4-8-15/h9-10,12,14-15H,2-8,11,13H2,1H3,(H,21,23)/t14-/m0/s1.